The Kier molecular flexibility index (Phi) is 5.06. The fourth-order valence-corrected chi connectivity index (χ4v) is 6.86. The molecule has 3 aromatic heterocycles. The normalized spacial score (nSPS) is 16.3. The van der Waals surface area contributed by atoms with E-state index in [0.717, 1.165) is 19.8 Å². The van der Waals surface area contributed by atoms with E-state index in [4.69, 9.17) is 4.98 Å². The van der Waals surface area contributed by atoms with Gasteiger partial charge in [0, 0.05) is 0 Å². The molecule has 0 spiro atoms. The molecule has 1 aliphatic rings. The molecule has 0 saturated heterocycles. The lowest BCUT2D eigenvalue weighted by Gasteiger charge is -2.15. The van der Waals surface area contributed by atoms with Gasteiger partial charge in [-0.2, -0.15) is 0 Å². The maximum atomic E-state index is 13.7. The highest BCUT2D eigenvalue weighted by Crippen LogP contribution is 2.38. The van der Waals surface area contributed by atoms with Crippen LogP contribution < -0.4 is 5.56 Å². The van der Waals surface area contributed by atoms with Gasteiger partial charge < -0.3 is 0 Å². The highest BCUT2D eigenvalue weighted by atomic mass is 79.9. The molecule has 4 nitrogen and oxygen atoms in total. The van der Waals surface area contributed by atoms with Gasteiger partial charge >= 0.3 is 0 Å². The highest BCUT2D eigenvalue weighted by Gasteiger charge is 2.31. The van der Waals surface area contributed by atoms with Crippen LogP contribution in [0.4, 0.5) is 0 Å². The Balaban J connectivity index is 1.79. The number of ketones is 1. The van der Waals surface area contributed by atoms with Crippen molar-refractivity contribution in [2.24, 2.45) is 0 Å². The highest BCUT2D eigenvalue weighted by molar-refractivity contribution is 9.11. The van der Waals surface area contributed by atoms with Gasteiger partial charge in [-0.15, -0.1) is 22.7 Å². The van der Waals surface area contributed by atoms with Crippen LogP contribution in [0.5, 0.6) is 0 Å². The first-order valence-corrected chi connectivity index (χ1v) is 12.4. The topological polar surface area (TPSA) is 52.0 Å². The summed E-state index contributed by atoms with van der Waals surface area (Å²) in [7, 11) is 0. The van der Waals surface area contributed by atoms with Crippen molar-refractivity contribution in [3.05, 3.63) is 72.6 Å². The maximum absolute atomic E-state index is 13.7. The molecule has 1 atom stereocenters. The Morgan fingerprint density at radius 3 is 2.62 bits per heavy atom. The number of aromatic nitrogens is 2. The minimum Gasteiger partial charge on any atom is -0.292 e. The smallest absolute Gasteiger partial charge is 0.263 e. The number of carbonyl (C=O) groups is 1. The van der Waals surface area contributed by atoms with E-state index in [1.54, 1.807) is 15.9 Å². The summed E-state index contributed by atoms with van der Waals surface area (Å²) in [5.74, 6) is 0.701. The van der Waals surface area contributed by atoms with Crippen molar-refractivity contribution >= 4 is 70.5 Å². The summed E-state index contributed by atoms with van der Waals surface area (Å²) in [5.41, 5.74) is 1.83. The van der Waals surface area contributed by atoms with Crippen molar-refractivity contribution in [2.75, 3.05) is 0 Å². The Labute approximate surface area is 191 Å². The molecule has 0 N–H and O–H groups in total. The Bertz CT molecular complexity index is 1310. The van der Waals surface area contributed by atoms with Gasteiger partial charge in [0.05, 0.1) is 30.3 Å². The third-order valence-electron chi connectivity index (χ3n) is 5.04. The van der Waals surface area contributed by atoms with Gasteiger partial charge in [0.1, 0.15) is 4.83 Å². The van der Waals surface area contributed by atoms with E-state index in [9.17, 15) is 9.59 Å². The molecule has 0 amide bonds. The standard InChI is InChI=1S/C21H14Br2N2O2S2/c22-13-7-6-12-16-20(29-18(12)17(13)26)24-19(14-8-9-15(23)28-14)25(21(16)27)10-11-4-2-1-3-5-11/h1-5,8-9,13H,6-7,10H2. The summed E-state index contributed by atoms with van der Waals surface area (Å²) in [6.45, 7) is 0.438. The molecule has 1 aliphatic carbocycles. The van der Waals surface area contributed by atoms with Crippen LogP contribution in [0.1, 0.15) is 27.2 Å². The third kappa shape index (κ3) is 3.36. The maximum Gasteiger partial charge on any atom is 0.263 e. The van der Waals surface area contributed by atoms with Crippen molar-refractivity contribution < 1.29 is 4.79 Å². The molecule has 29 heavy (non-hydrogen) atoms. The first kappa shape index (κ1) is 19.4. The summed E-state index contributed by atoms with van der Waals surface area (Å²) in [6.07, 6.45) is 1.42. The number of halogens is 2. The van der Waals surface area contributed by atoms with E-state index in [1.165, 1.54) is 11.3 Å². The third-order valence-corrected chi connectivity index (χ3v) is 8.68. The van der Waals surface area contributed by atoms with E-state index in [-0.39, 0.29) is 16.2 Å². The number of hydrogen-bond donors (Lipinski definition) is 0. The molecule has 146 valence electrons. The number of nitrogens with zero attached hydrogens (tertiary/aromatic N) is 2. The van der Waals surface area contributed by atoms with E-state index >= 15 is 0 Å². The summed E-state index contributed by atoms with van der Waals surface area (Å²) in [6, 6.07) is 13.8. The molecular formula is C21H14Br2N2O2S2. The Morgan fingerprint density at radius 2 is 1.90 bits per heavy atom. The van der Waals surface area contributed by atoms with Gasteiger partial charge in [0.2, 0.25) is 0 Å². The average molecular weight is 550 g/mol. The predicted octanol–water partition coefficient (Wildman–Crippen LogP) is 5.89. The van der Waals surface area contributed by atoms with Gasteiger partial charge in [-0.3, -0.25) is 14.2 Å². The summed E-state index contributed by atoms with van der Waals surface area (Å²) in [4.78, 5) is 33.3. The molecule has 4 aromatic rings. The van der Waals surface area contributed by atoms with Crippen molar-refractivity contribution in [1.29, 1.82) is 0 Å². The van der Waals surface area contributed by atoms with Crippen LogP contribution in [-0.4, -0.2) is 20.2 Å². The van der Waals surface area contributed by atoms with Crippen LogP contribution in [0.15, 0.2) is 51.0 Å². The van der Waals surface area contributed by atoms with Gasteiger partial charge in [-0.1, -0.05) is 46.3 Å². The SMILES string of the molecule is O=C1c2sc3nc(-c4ccc(Br)s4)n(Cc4ccccc4)c(=O)c3c2CCC1Br. The van der Waals surface area contributed by atoms with Gasteiger partial charge in [-0.25, -0.2) is 4.98 Å². The van der Waals surface area contributed by atoms with E-state index in [1.807, 2.05) is 42.5 Å². The van der Waals surface area contributed by atoms with Crippen LogP contribution in [0, 0.1) is 0 Å². The van der Waals surface area contributed by atoms with Crippen molar-refractivity contribution in [2.45, 2.75) is 24.2 Å². The van der Waals surface area contributed by atoms with Crippen LogP contribution >= 0.6 is 54.5 Å². The minimum atomic E-state index is -0.178. The van der Waals surface area contributed by atoms with E-state index < -0.39 is 0 Å². The average Bonchev–Trinajstić information content (AvgIpc) is 3.31. The zero-order chi connectivity index (χ0) is 20.1. The largest absolute Gasteiger partial charge is 0.292 e. The summed E-state index contributed by atoms with van der Waals surface area (Å²) >= 11 is 9.86. The fraction of sp³-hybridized carbons (Fsp3) is 0.190. The number of carbonyl (C=O) groups excluding carboxylic acids is 1. The number of hydrogen-bond acceptors (Lipinski definition) is 5. The summed E-state index contributed by atoms with van der Waals surface area (Å²) < 4.78 is 2.73. The Hall–Kier alpha value is -1.61. The summed E-state index contributed by atoms with van der Waals surface area (Å²) in [5, 5.41) is 0.605. The van der Waals surface area contributed by atoms with E-state index in [0.29, 0.717) is 40.3 Å². The van der Waals surface area contributed by atoms with Crippen LogP contribution in [0.25, 0.3) is 20.9 Å². The number of aryl methyl sites for hydroxylation is 1. The van der Waals surface area contributed by atoms with Gasteiger partial charge in [-0.05, 0) is 52.0 Å². The minimum absolute atomic E-state index is 0.0590. The molecular weight excluding hydrogens is 536 g/mol. The second-order valence-electron chi connectivity index (χ2n) is 6.88. The van der Waals surface area contributed by atoms with E-state index in [2.05, 4.69) is 31.9 Å². The lowest BCUT2D eigenvalue weighted by atomic mass is 9.96. The first-order valence-electron chi connectivity index (χ1n) is 9.07. The van der Waals surface area contributed by atoms with Crippen molar-refractivity contribution in [1.82, 2.24) is 9.55 Å². The van der Waals surface area contributed by atoms with Crippen molar-refractivity contribution in [3.63, 3.8) is 0 Å². The Morgan fingerprint density at radius 1 is 1.10 bits per heavy atom. The molecule has 8 heteroatoms. The van der Waals surface area contributed by atoms with Crippen molar-refractivity contribution in [3.8, 4) is 10.7 Å². The molecule has 1 unspecified atom stereocenters. The number of alkyl halides is 1. The zero-order valence-electron chi connectivity index (χ0n) is 15.0. The molecule has 0 saturated carbocycles. The predicted molar refractivity (Wildman–Crippen MR) is 126 cm³/mol. The van der Waals surface area contributed by atoms with Crippen LogP contribution in [0.2, 0.25) is 0 Å². The lowest BCUT2D eigenvalue weighted by Crippen LogP contribution is -2.25. The first-order chi connectivity index (χ1) is 14.0. The van der Waals surface area contributed by atoms with Gasteiger partial charge in [0.25, 0.3) is 5.56 Å². The van der Waals surface area contributed by atoms with Crippen LogP contribution in [0.3, 0.4) is 0 Å². The molecule has 0 fully saturated rings. The number of rotatable bonds is 3. The molecule has 0 bridgehead atoms. The zero-order valence-corrected chi connectivity index (χ0v) is 19.8. The number of Topliss-reactive ketones (excluding diaryl/α,β-unsaturated/α-hetero) is 1. The number of fused-ring (bicyclic) bond motifs is 3. The second-order valence-corrected chi connectivity index (χ2v) is 11.4. The molecule has 0 radical (unpaired) electrons. The quantitative estimate of drug-likeness (QED) is 0.299. The van der Waals surface area contributed by atoms with Crippen LogP contribution in [-0.2, 0) is 13.0 Å². The molecule has 0 aliphatic heterocycles. The molecule has 1 aromatic carbocycles. The second kappa shape index (κ2) is 7.58. The number of benzene rings is 1. The number of thiophene rings is 2. The fourth-order valence-electron chi connectivity index (χ4n) is 3.66. The molecule has 3 heterocycles. The van der Waals surface area contributed by atoms with Gasteiger partial charge in [0.15, 0.2) is 11.6 Å². The molecule has 5 rings (SSSR count). The lowest BCUT2D eigenvalue weighted by molar-refractivity contribution is 0.0986. The monoisotopic (exact) mass is 548 g/mol.